The van der Waals surface area contributed by atoms with Gasteiger partial charge in [-0.05, 0) is 13.8 Å². The first-order chi connectivity index (χ1) is 7.81. The van der Waals surface area contributed by atoms with Crippen LogP contribution >= 0.6 is 0 Å². The maximum atomic E-state index is 3.36. The largest absolute Gasteiger partial charge is 0.103 e. The molecule has 0 amide bonds. The number of hydrogen-bond acceptors (Lipinski definition) is 0. The third-order valence-electron chi connectivity index (χ3n) is 1.61. The van der Waals surface area contributed by atoms with Gasteiger partial charge in [0, 0.05) is 0 Å². The van der Waals surface area contributed by atoms with E-state index < -0.39 is 0 Å². The highest BCUT2D eigenvalue weighted by Crippen LogP contribution is 1.92. The molecule has 0 nitrogen and oxygen atoms in total. The average Bonchev–Trinajstić information content (AvgIpc) is 2.34. The molecular formula is C16H20. The molecule has 0 unspecified atom stereocenters. The van der Waals surface area contributed by atoms with Crippen LogP contribution in [0.5, 0.6) is 0 Å². The van der Waals surface area contributed by atoms with Crippen LogP contribution in [0.15, 0.2) is 79.4 Å². The zero-order valence-corrected chi connectivity index (χ0v) is 10.1. The molecule has 0 saturated carbocycles. The van der Waals surface area contributed by atoms with Crippen molar-refractivity contribution < 1.29 is 0 Å². The number of benzene rings is 2. The molecule has 16 heavy (non-hydrogen) atoms. The molecule has 0 heterocycles. The zero-order chi connectivity index (χ0) is 12.1. The molecular weight excluding hydrogens is 192 g/mol. The molecule has 0 aliphatic carbocycles. The second kappa shape index (κ2) is 11.3. The molecule has 0 heteroatoms. The summed E-state index contributed by atoms with van der Waals surface area (Å²) in [5, 5.41) is 0. The Labute approximate surface area is 99.3 Å². The van der Waals surface area contributed by atoms with Gasteiger partial charge in [0.05, 0.1) is 0 Å². The Bertz CT molecular complexity index is 308. The number of hydrogen-bond donors (Lipinski definition) is 0. The second-order valence-corrected chi connectivity index (χ2v) is 3.22. The molecule has 0 aliphatic rings. The van der Waals surface area contributed by atoms with E-state index in [0.717, 1.165) is 0 Å². The quantitative estimate of drug-likeness (QED) is 0.546. The fraction of sp³-hybridized carbons (Fsp3) is 0.125. The topological polar surface area (TPSA) is 0 Å². The van der Waals surface area contributed by atoms with Crippen molar-refractivity contribution in [2.24, 2.45) is 0 Å². The van der Waals surface area contributed by atoms with E-state index in [1.807, 2.05) is 61.5 Å². The van der Waals surface area contributed by atoms with Crippen LogP contribution in [0.25, 0.3) is 0 Å². The average molecular weight is 212 g/mol. The highest BCUT2D eigenvalue weighted by atomic mass is 13.8. The van der Waals surface area contributed by atoms with Crippen LogP contribution in [0.3, 0.4) is 0 Å². The van der Waals surface area contributed by atoms with E-state index in [4.69, 9.17) is 0 Å². The van der Waals surface area contributed by atoms with Gasteiger partial charge in [0.2, 0.25) is 0 Å². The van der Waals surface area contributed by atoms with Crippen molar-refractivity contribution in [2.45, 2.75) is 13.8 Å². The highest BCUT2D eigenvalue weighted by Gasteiger charge is 1.72. The van der Waals surface area contributed by atoms with Crippen molar-refractivity contribution in [3.63, 3.8) is 0 Å². The van der Waals surface area contributed by atoms with Gasteiger partial charge < -0.3 is 0 Å². The second-order valence-electron chi connectivity index (χ2n) is 3.22. The first-order valence-electron chi connectivity index (χ1n) is 5.40. The van der Waals surface area contributed by atoms with Gasteiger partial charge in [0.25, 0.3) is 0 Å². The maximum absolute atomic E-state index is 3.36. The summed E-state index contributed by atoms with van der Waals surface area (Å²) in [4.78, 5) is 0. The van der Waals surface area contributed by atoms with Crippen molar-refractivity contribution in [2.75, 3.05) is 0 Å². The molecule has 0 fully saturated rings. The number of allylic oxidation sites excluding steroid dienone is 1. The molecule has 84 valence electrons. The van der Waals surface area contributed by atoms with Crippen molar-refractivity contribution in [1.29, 1.82) is 0 Å². The van der Waals surface area contributed by atoms with Gasteiger partial charge in [-0.2, -0.15) is 0 Å². The fourth-order valence-electron chi connectivity index (χ4n) is 0.919. The lowest BCUT2D eigenvalue weighted by Gasteiger charge is -1.82. The molecule has 0 aromatic heterocycles. The summed E-state index contributed by atoms with van der Waals surface area (Å²) in [5.74, 6) is 0. The summed E-state index contributed by atoms with van der Waals surface area (Å²) < 4.78 is 0. The molecule has 0 saturated heterocycles. The van der Waals surface area contributed by atoms with Crippen LogP contribution in [0.4, 0.5) is 0 Å². The zero-order valence-electron chi connectivity index (χ0n) is 10.1. The van der Waals surface area contributed by atoms with E-state index in [-0.39, 0.29) is 0 Å². The lowest BCUT2D eigenvalue weighted by atomic mass is 10.2. The molecule has 2 aromatic rings. The predicted molar refractivity (Wildman–Crippen MR) is 73.5 cm³/mol. The van der Waals surface area contributed by atoms with Crippen LogP contribution in [-0.4, -0.2) is 0 Å². The summed E-state index contributed by atoms with van der Waals surface area (Å²) >= 11 is 0. The van der Waals surface area contributed by atoms with Crippen molar-refractivity contribution in [1.82, 2.24) is 0 Å². The first kappa shape index (κ1) is 14.2. The molecule has 0 atom stereocenters. The first-order valence-corrected chi connectivity index (χ1v) is 5.40. The van der Waals surface area contributed by atoms with Crippen LogP contribution in [0.1, 0.15) is 12.5 Å². The molecule has 0 N–H and O–H groups in total. The van der Waals surface area contributed by atoms with Gasteiger partial charge in [0.15, 0.2) is 0 Å². The van der Waals surface area contributed by atoms with E-state index in [1.165, 1.54) is 5.56 Å². The predicted octanol–water partition coefficient (Wildman–Crippen LogP) is 4.87. The summed E-state index contributed by atoms with van der Waals surface area (Å²) in [6.45, 7) is 7.33. The fourth-order valence-corrected chi connectivity index (χ4v) is 0.919. The monoisotopic (exact) mass is 212 g/mol. The number of rotatable bonds is 0. The summed E-state index contributed by atoms with van der Waals surface area (Å²) in [6.07, 6.45) is 1.75. The van der Waals surface area contributed by atoms with E-state index in [9.17, 15) is 0 Å². The van der Waals surface area contributed by atoms with Crippen LogP contribution < -0.4 is 0 Å². The Hall–Kier alpha value is -1.82. The number of aryl methyl sites for hydroxylation is 1. The summed E-state index contributed by atoms with van der Waals surface area (Å²) in [6, 6.07) is 22.3. The molecule has 0 radical (unpaired) electrons. The van der Waals surface area contributed by atoms with Crippen molar-refractivity contribution >= 4 is 0 Å². The van der Waals surface area contributed by atoms with Crippen molar-refractivity contribution in [3.05, 3.63) is 84.9 Å². The van der Waals surface area contributed by atoms with Gasteiger partial charge in [-0.3, -0.25) is 0 Å². The van der Waals surface area contributed by atoms with E-state index >= 15 is 0 Å². The Morgan fingerprint density at radius 2 is 1.00 bits per heavy atom. The van der Waals surface area contributed by atoms with Crippen LogP contribution in [0.2, 0.25) is 0 Å². The van der Waals surface area contributed by atoms with Gasteiger partial charge in [-0.1, -0.05) is 78.4 Å². The van der Waals surface area contributed by atoms with Crippen LogP contribution in [0, 0.1) is 6.92 Å². The minimum Gasteiger partial charge on any atom is -0.103 e. The third kappa shape index (κ3) is 10.3. The maximum Gasteiger partial charge on any atom is -0.0398 e. The van der Waals surface area contributed by atoms with Gasteiger partial charge in [-0.15, -0.1) is 6.58 Å². The Morgan fingerprint density at radius 1 is 0.750 bits per heavy atom. The lowest BCUT2D eigenvalue weighted by Crippen LogP contribution is -1.62. The summed E-state index contributed by atoms with van der Waals surface area (Å²) in [7, 11) is 0. The van der Waals surface area contributed by atoms with Gasteiger partial charge in [-0.25, -0.2) is 0 Å². The van der Waals surface area contributed by atoms with Gasteiger partial charge in [0.1, 0.15) is 0 Å². The van der Waals surface area contributed by atoms with Crippen LogP contribution in [-0.2, 0) is 0 Å². The third-order valence-corrected chi connectivity index (χ3v) is 1.61. The Balaban J connectivity index is 0.000000230. The normalized spacial score (nSPS) is 7.62. The van der Waals surface area contributed by atoms with E-state index in [2.05, 4.69) is 25.6 Å². The minimum atomic E-state index is 1.32. The molecule has 0 spiro atoms. The molecule has 2 aromatic carbocycles. The lowest BCUT2D eigenvalue weighted by molar-refractivity contribution is 1.48. The molecule has 2 rings (SSSR count). The van der Waals surface area contributed by atoms with Gasteiger partial charge >= 0.3 is 0 Å². The smallest absolute Gasteiger partial charge is 0.0398 e. The molecule has 0 aliphatic heterocycles. The Kier molecular flexibility index (Phi) is 9.98. The SMILES string of the molecule is C=CC.Cc1ccccc1.c1ccccc1. The minimum absolute atomic E-state index is 1.32. The summed E-state index contributed by atoms with van der Waals surface area (Å²) in [5.41, 5.74) is 1.32. The standard InChI is InChI=1S/C7H8.C6H6.C3H6/c1-7-5-3-2-4-6-7;1-2-4-6-5-3-1;1-3-2/h2-6H,1H3;1-6H;3H,1H2,2H3. The highest BCUT2D eigenvalue weighted by molar-refractivity contribution is 5.11. The molecule has 0 bridgehead atoms. The van der Waals surface area contributed by atoms with Crippen molar-refractivity contribution in [3.8, 4) is 0 Å². The van der Waals surface area contributed by atoms with E-state index in [0.29, 0.717) is 0 Å². The Morgan fingerprint density at radius 3 is 1.19 bits per heavy atom. The van der Waals surface area contributed by atoms with E-state index in [1.54, 1.807) is 6.08 Å².